The van der Waals surface area contributed by atoms with E-state index in [4.69, 9.17) is 4.74 Å². The zero-order valence-corrected chi connectivity index (χ0v) is 17.0. The summed E-state index contributed by atoms with van der Waals surface area (Å²) in [4.78, 5) is 6.67. The smallest absolute Gasteiger partial charge is 0.194 e. The first-order chi connectivity index (χ1) is 11.8. The molecule has 1 aliphatic rings. The fourth-order valence-corrected chi connectivity index (χ4v) is 3.07. The van der Waals surface area contributed by atoms with E-state index in [1.54, 1.807) is 13.4 Å². The number of hydrogen-bond acceptors (Lipinski definition) is 4. The Bertz CT molecular complexity index is 675. The van der Waals surface area contributed by atoms with Crippen LogP contribution < -0.4 is 5.32 Å². The van der Waals surface area contributed by atoms with Crippen LogP contribution in [0.3, 0.4) is 0 Å². The van der Waals surface area contributed by atoms with E-state index in [1.165, 1.54) is 0 Å². The van der Waals surface area contributed by atoms with Crippen LogP contribution in [-0.4, -0.2) is 59.5 Å². The number of nitrogens with one attached hydrogen (secondary N) is 1. The third-order valence-electron chi connectivity index (χ3n) is 4.26. The summed E-state index contributed by atoms with van der Waals surface area (Å²) in [7, 11) is 3.57. The van der Waals surface area contributed by atoms with Crippen LogP contribution in [0.4, 0.5) is 0 Å². The SMILES string of the molecule is CN=C(NCc1nncn1-c1ccccc1)N1CCC(COC)C1.I. The summed E-state index contributed by atoms with van der Waals surface area (Å²) in [6, 6.07) is 10.1. The second-order valence-corrected chi connectivity index (χ2v) is 5.91. The maximum absolute atomic E-state index is 5.26. The van der Waals surface area contributed by atoms with Crippen molar-refractivity contribution in [2.75, 3.05) is 33.9 Å². The van der Waals surface area contributed by atoms with Crippen LogP contribution >= 0.6 is 24.0 Å². The van der Waals surface area contributed by atoms with Gasteiger partial charge in [-0.05, 0) is 18.6 Å². The number of aromatic nitrogens is 3. The molecule has 1 unspecified atom stereocenters. The van der Waals surface area contributed by atoms with Crippen LogP contribution in [0.5, 0.6) is 0 Å². The molecule has 0 amide bonds. The summed E-state index contributed by atoms with van der Waals surface area (Å²) in [5.74, 6) is 2.33. The molecule has 25 heavy (non-hydrogen) atoms. The van der Waals surface area contributed by atoms with Crippen molar-refractivity contribution in [2.24, 2.45) is 10.9 Å². The van der Waals surface area contributed by atoms with Gasteiger partial charge in [0.05, 0.1) is 13.2 Å². The lowest BCUT2D eigenvalue weighted by Gasteiger charge is -2.21. The highest BCUT2D eigenvalue weighted by molar-refractivity contribution is 14.0. The lowest BCUT2D eigenvalue weighted by Crippen LogP contribution is -2.40. The van der Waals surface area contributed by atoms with Crippen molar-refractivity contribution in [1.29, 1.82) is 0 Å². The van der Waals surface area contributed by atoms with Gasteiger partial charge in [-0.1, -0.05) is 18.2 Å². The van der Waals surface area contributed by atoms with E-state index in [0.29, 0.717) is 12.5 Å². The Kier molecular flexibility index (Phi) is 7.63. The van der Waals surface area contributed by atoms with Crippen LogP contribution in [0.2, 0.25) is 0 Å². The molecule has 1 aromatic carbocycles. The van der Waals surface area contributed by atoms with Crippen molar-refractivity contribution in [3.8, 4) is 5.69 Å². The molecule has 136 valence electrons. The molecule has 7 nitrogen and oxygen atoms in total. The van der Waals surface area contributed by atoms with E-state index in [9.17, 15) is 0 Å². The highest BCUT2D eigenvalue weighted by Gasteiger charge is 2.24. The van der Waals surface area contributed by atoms with E-state index in [0.717, 1.165) is 43.6 Å². The maximum atomic E-state index is 5.26. The zero-order chi connectivity index (χ0) is 16.8. The quantitative estimate of drug-likeness (QED) is 0.423. The molecule has 1 N–H and O–H groups in total. The highest BCUT2D eigenvalue weighted by Crippen LogP contribution is 2.16. The number of benzene rings is 1. The van der Waals surface area contributed by atoms with Crippen LogP contribution in [0.1, 0.15) is 12.2 Å². The Morgan fingerprint density at radius 3 is 2.88 bits per heavy atom. The van der Waals surface area contributed by atoms with E-state index < -0.39 is 0 Å². The van der Waals surface area contributed by atoms with E-state index >= 15 is 0 Å². The number of hydrogen-bond donors (Lipinski definition) is 1. The molecule has 1 saturated heterocycles. The van der Waals surface area contributed by atoms with E-state index in [1.807, 2.05) is 41.9 Å². The molecule has 2 heterocycles. The Morgan fingerprint density at radius 2 is 2.16 bits per heavy atom. The van der Waals surface area contributed by atoms with Gasteiger partial charge in [-0.15, -0.1) is 34.2 Å². The lowest BCUT2D eigenvalue weighted by atomic mass is 10.1. The van der Waals surface area contributed by atoms with Crippen LogP contribution in [0, 0.1) is 5.92 Å². The normalized spacial score (nSPS) is 17.4. The molecule has 0 saturated carbocycles. The summed E-state index contributed by atoms with van der Waals surface area (Å²) in [5, 5.41) is 11.7. The number of methoxy groups -OCH3 is 1. The summed E-state index contributed by atoms with van der Waals surface area (Å²) < 4.78 is 7.25. The van der Waals surface area contributed by atoms with Gasteiger partial charge in [0.1, 0.15) is 6.33 Å². The molecule has 1 aromatic heterocycles. The average Bonchev–Trinajstić information content (AvgIpc) is 3.26. The molecule has 0 aliphatic carbocycles. The topological polar surface area (TPSA) is 67.6 Å². The minimum absolute atomic E-state index is 0. The Balaban J connectivity index is 0.00000225. The average molecular weight is 456 g/mol. The predicted octanol–water partition coefficient (Wildman–Crippen LogP) is 1.93. The Labute approximate surface area is 165 Å². The number of rotatable bonds is 5. The number of ether oxygens (including phenoxy) is 1. The number of likely N-dealkylation sites (tertiary alicyclic amines) is 1. The second kappa shape index (κ2) is 9.71. The van der Waals surface area contributed by atoms with Gasteiger partial charge >= 0.3 is 0 Å². The molecule has 8 heteroatoms. The summed E-state index contributed by atoms with van der Waals surface area (Å²) in [6.07, 6.45) is 2.87. The molecule has 1 fully saturated rings. The van der Waals surface area contributed by atoms with Gasteiger partial charge in [-0.2, -0.15) is 0 Å². The zero-order valence-electron chi connectivity index (χ0n) is 14.6. The van der Waals surface area contributed by atoms with Crippen molar-refractivity contribution in [1.82, 2.24) is 25.0 Å². The molecule has 1 atom stereocenters. The van der Waals surface area contributed by atoms with Crippen molar-refractivity contribution < 1.29 is 4.74 Å². The first-order valence-corrected chi connectivity index (χ1v) is 8.20. The Hall–Kier alpha value is -1.68. The van der Waals surface area contributed by atoms with Gasteiger partial charge in [-0.25, -0.2) is 0 Å². The van der Waals surface area contributed by atoms with Gasteiger partial charge in [0.2, 0.25) is 0 Å². The minimum atomic E-state index is 0. The first-order valence-electron chi connectivity index (χ1n) is 8.20. The molecular formula is C17H25IN6O. The second-order valence-electron chi connectivity index (χ2n) is 5.91. The van der Waals surface area contributed by atoms with Crippen LogP contribution in [0.25, 0.3) is 5.69 Å². The van der Waals surface area contributed by atoms with Gasteiger partial charge in [-0.3, -0.25) is 9.56 Å². The monoisotopic (exact) mass is 456 g/mol. The first kappa shape index (κ1) is 19.6. The molecular weight excluding hydrogens is 431 g/mol. The number of aliphatic imine (C=N–C) groups is 1. The number of para-hydroxylation sites is 1. The molecule has 3 rings (SSSR count). The third-order valence-corrected chi connectivity index (χ3v) is 4.26. The molecule has 0 spiro atoms. The van der Waals surface area contributed by atoms with Gasteiger partial charge in [0, 0.05) is 38.9 Å². The molecule has 2 aromatic rings. The van der Waals surface area contributed by atoms with Crippen molar-refractivity contribution in [2.45, 2.75) is 13.0 Å². The third kappa shape index (κ3) is 4.91. The predicted molar refractivity (Wildman–Crippen MR) is 109 cm³/mol. The standard InChI is InChI=1S/C17H24N6O.HI/c1-18-17(22-9-8-14(11-22)12-24-2)19-10-16-21-20-13-23(16)15-6-4-3-5-7-15;/h3-7,13-14H,8-12H2,1-2H3,(H,18,19);1H. The van der Waals surface area contributed by atoms with Crippen molar-refractivity contribution >= 4 is 29.9 Å². The van der Waals surface area contributed by atoms with Gasteiger partial charge < -0.3 is 15.0 Å². The van der Waals surface area contributed by atoms with Crippen LogP contribution in [0.15, 0.2) is 41.7 Å². The van der Waals surface area contributed by atoms with Crippen molar-refractivity contribution in [3.05, 3.63) is 42.5 Å². The van der Waals surface area contributed by atoms with E-state index in [2.05, 4.69) is 25.4 Å². The maximum Gasteiger partial charge on any atom is 0.194 e. The number of guanidine groups is 1. The van der Waals surface area contributed by atoms with Gasteiger partial charge in [0.25, 0.3) is 0 Å². The summed E-state index contributed by atoms with van der Waals surface area (Å²) in [6.45, 7) is 3.35. The summed E-state index contributed by atoms with van der Waals surface area (Å²) >= 11 is 0. The number of halogens is 1. The lowest BCUT2D eigenvalue weighted by molar-refractivity contribution is 0.157. The Morgan fingerprint density at radius 1 is 1.36 bits per heavy atom. The highest BCUT2D eigenvalue weighted by atomic mass is 127. The molecule has 0 bridgehead atoms. The van der Waals surface area contributed by atoms with Crippen molar-refractivity contribution in [3.63, 3.8) is 0 Å². The number of nitrogens with zero attached hydrogens (tertiary/aromatic N) is 5. The minimum Gasteiger partial charge on any atom is -0.384 e. The largest absolute Gasteiger partial charge is 0.384 e. The fraction of sp³-hybridized carbons (Fsp3) is 0.471. The van der Waals surface area contributed by atoms with Crippen LogP contribution in [-0.2, 0) is 11.3 Å². The fourth-order valence-electron chi connectivity index (χ4n) is 3.07. The van der Waals surface area contributed by atoms with E-state index in [-0.39, 0.29) is 24.0 Å². The molecule has 1 aliphatic heterocycles. The van der Waals surface area contributed by atoms with Gasteiger partial charge in [0.15, 0.2) is 11.8 Å². The molecule has 0 radical (unpaired) electrons. The summed E-state index contributed by atoms with van der Waals surface area (Å²) in [5.41, 5.74) is 1.05.